The van der Waals surface area contributed by atoms with E-state index in [9.17, 15) is 8.78 Å². The van der Waals surface area contributed by atoms with Crippen molar-refractivity contribution in [3.63, 3.8) is 0 Å². The van der Waals surface area contributed by atoms with Gasteiger partial charge in [-0.1, -0.05) is 6.92 Å². The minimum Gasteiger partial charge on any atom is -0.486 e. The number of hydrogen-bond donors (Lipinski definition) is 1. The number of hydrogen-bond acceptors (Lipinski definition) is 3. The maximum Gasteiger partial charge on any atom is 0.272 e. The topological polar surface area (TPSA) is 34.2 Å². The first-order valence-electron chi connectivity index (χ1n) is 5.71. The highest BCUT2D eigenvalue weighted by molar-refractivity contribution is 5.29. The van der Waals surface area contributed by atoms with E-state index in [2.05, 4.69) is 17.2 Å². The van der Waals surface area contributed by atoms with E-state index in [1.807, 2.05) is 6.92 Å². The first-order valence-corrected chi connectivity index (χ1v) is 5.71. The van der Waals surface area contributed by atoms with Crippen molar-refractivity contribution in [1.82, 2.24) is 10.3 Å². The first-order chi connectivity index (χ1) is 8.13. The van der Waals surface area contributed by atoms with Crippen molar-refractivity contribution in [1.29, 1.82) is 0 Å². The summed E-state index contributed by atoms with van der Waals surface area (Å²) in [6.45, 7) is 4.73. The van der Waals surface area contributed by atoms with Crippen molar-refractivity contribution in [2.45, 2.75) is 33.2 Å². The van der Waals surface area contributed by atoms with Gasteiger partial charge >= 0.3 is 0 Å². The molecule has 1 N–H and O–H groups in total. The third-order valence-corrected chi connectivity index (χ3v) is 2.16. The van der Waals surface area contributed by atoms with Gasteiger partial charge in [0.2, 0.25) is 0 Å². The van der Waals surface area contributed by atoms with Crippen LogP contribution in [0.2, 0.25) is 0 Å². The van der Waals surface area contributed by atoms with Crippen molar-refractivity contribution >= 4 is 0 Å². The van der Waals surface area contributed by atoms with Crippen LogP contribution in [0, 0.1) is 6.92 Å². The van der Waals surface area contributed by atoms with Crippen LogP contribution in [0.4, 0.5) is 8.78 Å². The predicted molar refractivity (Wildman–Crippen MR) is 62.5 cm³/mol. The zero-order valence-corrected chi connectivity index (χ0v) is 10.2. The lowest BCUT2D eigenvalue weighted by Gasteiger charge is -2.11. The molecule has 1 heterocycles. The van der Waals surface area contributed by atoms with Gasteiger partial charge in [0.25, 0.3) is 6.43 Å². The highest BCUT2D eigenvalue weighted by atomic mass is 19.3. The molecule has 3 nitrogen and oxygen atoms in total. The van der Waals surface area contributed by atoms with E-state index < -0.39 is 13.0 Å². The van der Waals surface area contributed by atoms with Crippen LogP contribution in [0.15, 0.2) is 12.1 Å². The van der Waals surface area contributed by atoms with Crippen LogP contribution in [0.3, 0.4) is 0 Å². The van der Waals surface area contributed by atoms with Crippen molar-refractivity contribution in [3.05, 3.63) is 23.5 Å². The molecule has 0 atom stereocenters. The molecule has 5 heteroatoms. The number of alkyl halides is 2. The Morgan fingerprint density at radius 1 is 1.41 bits per heavy atom. The molecule has 0 aliphatic carbocycles. The van der Waals surface area contributed by atoms with Crippen LogP contribution in [-0.2, 0) is 6.54 Å². The van der Waals surface area contributed by atoms with Crippen LogP contribution < -0.4 is 10.1 Å². The smallest absolute Gasteiger partial charge is 0.272 e. The Balaban J connectivity index is 2.66. The van der Waals surface area contributed by atoms with Gasteiger partial charge in [-0.25, -0.2) is 8.78 Å². The molecular formula is C12H18F2N2O. The summed E-state index contributed by atoms with van der Waals surface area (Å²) in [5, 5.41) is 3.18. The van der Waals surface area contributed by atoms with Gasteiger partial charge in [0, 0.05) is 12.2 Å². The molecule has 0 aliphatic heterocycles. The molecule has 0 unspecified atom stereocenters. The number of aromatic nitrogens is 1. The van der Waals surface area contributed by atoms with Gasteiger partial charge < -0.3 is 10.1 Å². The van der Waals surface area contributed by atoms with E-state index in [0.717, 1.165) is 18.7 Å². The second-order valence-corrected chi connectivity index (χ2v) is 3.78. The lowest BCUT2D eigenvalue weighted by atomic mass is 10.2. The van der Waals surface area contributed by atoms with E-state index in [1.54, 1.807) is 12.1 Å². The molecule has 0 radical (unpaired) electrons. The van der Waals surface area contributed by atoms with Crippen LogP contribution in [0.1, 0.15) is 24.7 Å². The highest BCUT2D eigenvalue weighted by Crippen LogP contribution is 2.17. The standard InChI is InChI=1S/C12H18F2N2O/c1-3-6-15-7-10-11(17-8-12(13)14)5-4-9(2)16-10/h4-5,12,15H,3,6-8H2,1-2H3. The van der Waals surface area contributed by atoms with Gasteiger partial charge in [-0.05, 0) is 32.0 Å². The normalized spacial score (nSPS) is 10.9. The van der Waals surface area contributed by atoms with E-state index in [1.165, 1.54) is 0 Å². The highest BCUT2D eigenvalue weighted by Gasteiger charge is 2.09. The molecule has 0 aromatic carbocycles. The second-order valence-electron chi connectivity index (χ2n) is 3.78. The van der Waals surface area contributed by atoms with Gasteiger partial charge in [-0.15, -0.1) is 0 Å². The van der Waals surface area contributed by atoms with Crippen LogP contribution in [-0.4, -0.2) is 24.6 Å². The lowest BCUT2D eigenvalue weighted by molar-refractivity contribution is 0.0811. The monoisotopic (exact) mass is 244 g/mol. The molecule has 0 aliphatic rings. The summed E-state index contributed by atoms with van der Waals surface area (Å²) in [4.78, 5) is 4.29. The molecule has 17 heavy (non-hydrogen) atoms. The molecule has 0 amide bonds. The van der Waals surface area contributed by atoms with E-state index >= 15 is 0 Å². The number of rotatable bonds is 7. The van der Waals surface area contributed by atoms with Gasteiger partial charge in [-0.2, -0.15) is 0 Å². The molecule has 1 rings (SSSR count). The third-order valence-electron chi connectivity index (χ3n) is 2.16. The van der Waals surface area contributed by atoms with Gasteiger partial charge in [0.05, 0.1) is 5.69 Å². The largest absolute Gasteiger partial charge is 0.486 e. The average Bonchev–Trinajstić information content (AvgIpc) is 2.28. The zero-order valence-electron chi connectivity index (χ0n) is 10.2. The molecule has 0 saturated heterocycles. The van der Waals surface area contributed by atoms with Crippen molar-refractivity contribution in [2.75, 3.05) is 13.2 Å². The van der Waals surface area contributed by atoms with E-state index in [4.69, 9.17) is 4.74 Å². The predicted octanol–water partition coefficient (Wildman–Crippen LogP) is 2.53. The van der Waals surface area contributed by atoms with E-state index in [0.29, 0.717) is 18.0 Å². The SMILES string of the molecule is CCCNCc1nc(C)ccc1OCC(F)F. The Morgan fingerprint density at radius 2 is 2.18 bits per heavy atom. The molecule has 1 aromatic heterocycles. The number of nitrogens with zero attached hydrogens (tertiary/aromatic N) is 1. The fourth-order valence-corrected chi connectivity index (χ4v) is 1.39. The maximum absolute atomic E-state index is 12.1. The summed E-state index contributed by atoms with van der Waals surface area (Å²) in [7, 11) is 0. The van der Waals surface area contributed by atoms with Crippen molar-refractivity contribution < 1.29 is 13.5 Å². The van der Waals surface area contributed by atoms with Gasteiger partial charge in [0.15, 0.2) is 0 Å². The minimum atomic E-state index is -2.47. The van der Waals surface area contributed by atoms with Crippen molar-refractivity contribution in [3.8, 4) is 5.75 Å². The molecule has 0 fully saturated rings. The van der Waals surface area contributed by atoms with E-state index in [-0.39, 0.29) is 0 Å². The quantitative estimate of drug-likeness (QED) is 0.748. The Bertz CT molecular complexity index is 345. The number of nitrogens with one attached hydrogen (secondary N) is 1. The Labute approximate surface area is 100 Å². The number of ether oxygens (including phenoxy) is 1. The Kier molecular flexibility index (Phi) is 5.83. The van der Waals surface area contributed by atoms with Crippen LogP contribution in [0.5, 0.6) is 5.75 Å². The summed E-state index contributed by atoms with van der Waals surface area (Å²) in [5.74, 6) is 0.430. The third kappa shape index (κ3) is 5.08. The number of aryl methyl sites for hydroxylation is 1. The zero-order chi connectivity index (χ0) is 12.7. The van der Waals surface area contributed by atoms with Crippen molar-refractivity contribution in [2.24, 2.45) is 0 Å². The molecule has 0 bridgehead atoms. The average molecular weight is 244 g/mol. The molecule has 96 valence electrons. The molecule has 1 aromatic rings. The van der Waals surface area contributed by atoms with Gasteiger partial charge in [-0.3, -0.25) is 4.98 Å². The molecular weight excluding hydrogens is 226 g/mol. The maximum atomic E-state index is 12.1. The fraction of sp³-hybridized carbons (Fsp3) is 0.583. The second kappa shape index (κ2) is 7.17. The summed E-state index contributed by atoms with van der Waals surface area (Å²) < 4.78 is 29.2. The lowest BCUT2D eigenvalue weighted by Crippen LogP contribution is -2.17. The van der Waals surface area contributed by atoms with Gasteiger partial charge in [0.1, 0.15) is 12.4 Å². The molecule has 0 saturated carbocycles. The minimum absolute atomic E-state index is 0.430. The van der Waals surface area contributed by atoms with Crippen LogP contribution in [0.25, 0.3) is 0 Å². The summed E-state index contributed by atoms with van der Waals surface area (Å²) >= 11 is 0. The molecule has 0 spiro atoms. The van der Waals surface area contributed by atoms with Crippen LogP contribution >= 0.6 is 0 Å². The number of halogens is 2. The Morgan fingerprint density at radius 3 is 2.82 bits per heavy atom. The summed E-state index contributed by atoms with van der Waals surface area (Å²) in [5.41, 5.74) is 1.53. The number of pyridine rings is 1. The summed E-state index contributed by atoms with van der Waals surface area (Å²) in [6.07, 6.45) is -1.45. The summed E-state index contributed by atoms with van der Waals surface area (Å²) in [6, 6.07) is 3.44. The Hall–Kier alpha value is -1.23. The first kappa shape index (κ1) is 13.8. The fourth-order valence-electron chi connectivity index (χ4n) is 1.39.